The van der Waals surface area contributed by atoms with E-state index in [0.29, 0.717) is 0 Å². The highest BCUT2D eigenvalue weighted by Gasteiger charge is 2.54. The van der Waals surface area contributed by atoms with Crippen molar-refractivity contribution in [3.63, 3.8) is 0 Å². The Kier molecular flexibility index (Phi) is 11.3. The molecule has 0 saturated heterocycles. The van der Waals surface area contributed by atoms with Gasteiger partial charge in [-0.2, -0.15) is 0 Å². The third-order valence-electron chi connectivity index (χ3n) is 21.8. The molecule has 2 aliphatic heterocycles. The van der Waals surface area contributed by atoms with Gasteiger partial charge in [-0.25, -0.2) is 0 Å². The molecule has 3 unspecified atom stereocenters. The molecule has 404 valence electrons. The molecular formula is C75H85BN2O. The Labute approximate surface area is 474 Å². The second kappa shape index (κ2) is 17.5. The number of rotatable bonds is 5. The molecule has 5 aromatic rings. The van der Waals surface area contributed by atoms with Gasteiger partial charge in [-0.1, -0.05) is 180 Å². The van der Waals surface area contributed by atoms with Crippen molar-refractivity contribution < 1.29 is 4.42 Å². The zero-order valence-corrected chi connectivity index (χ0v) is 50.0. The van der Waals surface area contributed by atoms with Crippen LogP contribution in [-0.4, -0.2) is 12.8 Å². The van der Waals surface area contributed by atoms with Crippen LogP contribution in [0.15, 0.2) is 160 Å². The molecule has 0 fully saturated rings. The first-order valence-electron chi connectivity index (χ1n) is 30.7. The monoisotopic (exact) mass is 1040 g/mol. The summed E-state index contributed by atoms with van der Waals surface area (Å²) in [6.45, 7) is 32.2. The van der Waals surface area contributed by atoms with E-state index in [1.807, 2.05) is 0 Å². The summed E-state index contributed by atoms with van der Waals surface area (Å²) in [5.74, 6) is 0.444. The molecule has 79 heavy (non-hydrogen) atoms. The zero-order chi connectivity index (χ0) is 54.9. The maximum absolute atomic E-state index is 7.85. The number of hydrogen-bond donors (Lipinski definition) is 0. The maximum Gasteiger partial charge on any atom is 0.292 e. The predicted molar refractivity (Wildman–Crippen MR) is 336 cm³/mol. The molecule has 0 spiro atoms. The van der Waals surface area contributed by atoms with Gasteiger partial charge < -0.3 is 14.2 Å². The van der Waals surface area contributed by atoms with Gasteiger partial charge in [0.15, 0.2) is 0 Å². The van der Waals surface area contributed by atoms with Crippen LogP contribution in [0.1, 0.15) is 223 Å². The van der Waals surface area contributed by atoms with Crippen LogP contribution in [0.5, 0.6) is 0 Å². The van der Waals surface area contributed by atoms with Gasteiger partial charge in [0.25, 0.3) is 6.71 Å². The second-order valence-electron chi connectivity index (χ2n) is 29.8. The second-order valence-corrected chi connectivity index (χ2v) is 29.8. The Morgan fingerprint density at radius 1 is 0.582 bits per heavy atom. The van der Waals surface area contributed by atoms with E-state index in [9.17, 15) is 0 Å². The van der Waals surface area contributed by atoms with Gasteiger partial charge in [0, 0.05) is 40.0 Å². The van der Waals surface area contributed by atoms with E-state index in [-0.39, 0.29) is 57.1 Å². The molecule has 3 atom stereocenters. The largest absolute Gasteiger partial charge is 0.468 e. The summed E-state index contributed by atoms with van der Waals surface area (Å²) >= 11 is 0. The van der Waals surface area contributed by atoms with Crippen LogP contribution in [0.3, 0.4) is 0 Å². The van der Waals surface area contributed by atoms with E-state index >= 15 is 0 Å². The van der Waals surface area contributed by atoms with Crippen LogP contribution in [-0.2, 0) is 32.5 Å². The number of fused-ring (bicyclic) bond motifs is 8. The standard InChI is InChI=1S/C75H85BN2O/c1-46-38-64-67-65(39-46)78(62-44-59-57(72(6,7)34-36-74(59,10)11)42-53(62)48-24-18-15-19-25-48)63-40-49(52-27-21-20-26-51(52)47-22-16-14-17-23-47)28-31-61(63)76(67)69-68(54-43-58-60(45-66(54)79-69)75(12,13)37-35-73(58,8)9)77(64)50-29-30-55-56(41-50)71(4,5)33-32-70(55,2)3/h15-16,18-24,26-31,39,41-45,48-49,64H,14,17,25,32-38,40H2,1-13H3. The van der Waals surface area contributed by atoms with Gasteiger partial charge in [-0.3, -0.25) is 0 Å². The van der Waals surface area contributed by atoms with Crippen molar-refractivity contribution >= 4 is 46.0 Å². The van der Waals surface area contributed by atoms with Gasteiger partial charge >= 0.3 is 0 Å². The van der Waals surface area contributed by atoms with E-state index in [4.69, 9.17) is 4.42 Å². The van der Waals surface area contributed by atoms with Crippen LogP contribution in [0.2, 0.25) is 0 Å². The summed E-state index contributed by atoms with van der Waals surface area (Å²) in [5.41, 5.74) is 28.2. The van der Waals surface area contributed by atoms with Crippen LogP contribution < -0.4 is 15.5 Å². The van der Waals surface area contributed by atoms with Crippen LogP contribution in [0.25, 0.3) is 16.5 Å². The molecule has 9 aliphatic rings. The zero-order valence-electron chi connectivity index (χ0n) is 50.0. The minimum Gasteiger partial charge on any atom is -0.468 e. The van der Waals surface area contributed by atoms with Gasteiger partial charge in [0.2, 0.25) is 0 Å². The lowest BCUT2D eigenvalue weighted by Gasteiger charge is -2.51. The predicted octanol–water partition coefficient (Wildman–Crippen LogP) is 19.2. The van der Waals surface area contributed by atoms with E-state index in [1.54, 1.807) is 0 Å². The quantitative estimate of drug-likeness (QED) is 0.164. The third kappa shape index (κ3) is 7.85. The Hall–Kier alpha value is -6.00. The number of furan rings is 1. The van der Waals surface area contributed by atoms with Crippen LogP contribution >= 0.6 is 0 Å². The van der Waals surface area contributed by atoms with Crippen molar-refractivity contribution in [3.05, 3.63) is 205 Å². The Morgan fingerprint density at radius 3 is 1.90 bits per heavy atom. The lowest BCUT2D eigenvalue weighted by atomic mass is 9.32. The first-order valence-corrected chi connectivity index (χ1v) is 30.7. The summed E-state index contributed by atoms with van der Waals surface area (Å²) in [4.78, 5) is 5.69. The molecule has 0 bridgehead atoms. The van der Waals surface area contributed by atoms with Crippen LogP contribution in [0.4, 0.5) is 17.1 Å². The van der Waals surface area contributed by atoms with Crippen molar-refractivity contribution in [2.45, 2.75) is 211 Å². The van der Waals surface area contributed by atoms with Crippen molar-refractivity contribution in [3.8, 4) is 0 Å². The fourth-order valence-electron chi connectivity index (χ4n) is 16.6. The lowest BCUT2D eigenvalue weighted by Crippen LogP contribution is -2.57. The van der Waals surface area contributed by atoms with Gasteiger partial charge in [-0.15, -0.1) is 0 Å². The van der Waals surface area contributed by atoms with Gasteiger partial charge in [0.1, 0.15) is 5.58 Å². The first-order chi connectivity index (χ1) is 37.5. The normalized spacial score (nSPS) is 26.0. The first kappa shape index (κ1) is 51.2. The summed E-state index contributed by atoms with van der Waals surface area (Å²) in [6, 6.07) is 27.6. The highest BCUT2D eigenvalue weighted by atomic mass is 16.3. The van der Waals surface area contributed by atoms with Crippen molar-refractivity contribution in [2.24, 2.45) is 0 Å². The Morgan fingerprint density at radius 2 is 1.23 bits per heavy atom. The molecule has 1 aromatic heterocycles. The number of allylic oxidation sites excluding steroid dienone is 13. The molecule has 0 N–H and O–H groups in total. The molecular weight excluding hydrogens is 956 g/mol. The lowest BCUT2D eigenvalue weighted by molar-refractivity contribution is 0.331. The van der Waals surface area contributed by atoms with E-state index in [2.05, 4.69) is 227 Å². The number of anilines is 3. The van der Waals surface area contributed by atoms with E-state index < -0.39 is 0 Å². The summed E-state index contributed by atoms with van der Waals surface area (Å²) < 4.78 is 7.85. The summed E-state index contributed by atoms with van der Waals surface area (Å²) in [7, 11) is 0. The molecule has 14 rings (SSSR count). The number of benzene rings is 4. The molecule has 0 amide bonds. The number of nitrogens with zero attached hydrogens (tertiary/aromatic N) is 2. The van der Waals surface area contributed by atoms with Crippen LogP contribution in [0, 0.1) is 0 Å². The SMILES string of the molecule is CC1=CC2=C3B(C4=C(CC(c5ccccc5C5=CCCC=C5)C=C4)N2c2cc4c(cc2C2C=CC=CC2)C(C)(C)CCC4(C)C)c2oc4cc5c(cc4c2N(c2ccc4c(c2)C(C)(C)CCC4(C)C)C3C1)C(C)(C)CCC5(C)C. The smallest absolute Gasteiger partial charge is 0.292 e. The third-order valence-corrected chi connectivity index (χ3v) is 21.8. The highest BCUT2D eigenvalue weighted by Crippen LogP contribution is 2.58. The molecule has 3 nitrogen and oxygen atoms in total. The molecule has 7 aliphatic carbocycles. The average molecular weight is 1040 g/mol. The molecule has 4 heteroatoms. The minimum atomic E-state index is -0.0503. The van der Waals surface area contributed by atoms with Gasteiger partial charge in [-0.05, 0) is 213 Å². The van der Waals surface area contributed by atoms with E-state index in [1.165, 1.54) is 145 Å². The summed E-state index contributed by atoms with van der Waals surface area (Å²) in [6.07, 6.45) is 36.6. The fraction of sp³-hybridized carbons (Fsp3) is 0.440. The molecule has 0 saturated carbocycles. The average Bonchev–Trinajstić information content (AvgIpc) is 2.89. The molecule has 3 heterocycles. The number of hydrogen-bond acceptors (Lipinski definition) is 3. The van der Waals surface area contributed by atoms with Gasteiger partial charge in [0.05, 0.1) is 17.4 Å². The van der Waals surface area contributed by atoms with Crippen molar-refractivity contribution in [1.29, 1.82) is 0 Å². The summed E-state index contributed by atoms with van der Waals surface area (Å²) in [5, 5.41) is 1.27. The fourth-order valence-corrected chi connectivity index (χ4v) is 16.6. The molecule has 0 radical (unpaired) electrons. The van der Waals surface area contributed by atoms with Crippen molar-refractivity contribution in [2.75, 3.05) is 9.80 Å². The minimum absolute atomic E-state index is 0.0335. The van der Waals surface area contributed by atoms with Crippen molar-refractivity contribution in [1.82, 2.24) is 0 Å². The topological polar surface area (TPSA) is 19.6 Å². The Balaban J connectivity index is 1.08. The Bertz CT molecular complexity index is 3710. The highest BCUT2D eigenvalue weighted by molar-refractivity contribution is 6.88. The maximum atomic E-state index is 7.85. The molecule has 4 aromatic carbocycles. The van der Waals surface area contributed by atoms with E-state index in [0.717, 1.165) is 43.3 Å².